The van der Waals surface area contributed by atoms with E-state index < -0.39 is 11.6 Å². The van der Waals surface area contributed by atoms with Crippen molar-refractivity contribution in [3.8, 4) is 0 Å². The van der Waals surface area contributed by atoms with Crippen molar-refractivity contribution < 1.29 is 14.7 Å². The summed E-state index contributed by atoms with van der Waals surface area (Å²) in [5, 5.41) is 13.3. The SMILES string of the molecule is Cc1ccc(CC(C)(On2cccn2)C(=O)O)cc1. The molecule has 100 valence electrons. The lowest BCUT2D eigenvalue weighted by Crippen LogP contribution is -2.47. The van der Waals surface area contributed by atoms with E-state index in [4.69, 9.17) is 4.84 Å². The van der Waals surface area contributed by atoms with Crippen LogP contribution in [0.15, 0.2) is 42.7 Å². The van der Waals surface area contributed by atoms with Gasteiger partial charge in [-0.2, -0.15) is 0 Å². The minimum absolute atomic E-state index is 0.266. The molecule has 1 aromatic heterocycles. The fourth-order valence-corrected chi connectivity index (χ4v) is 1.76. The normalized spacial score (nSPS) is 13.8. The molecule has 0 spiro atoms. The highest BCUT2D eigenvalue weighted by Gasteiger charge is 2.37. The van der Waals surface area contributed by atoms with Crippen molar-refractivity contribution in [3.05, 3.63) is 53.9 Å². The fourth-order valence-electron chi connectivity index (χ4n) is 1.76. The molecule has 0 aliphatic rings. The van der Waals surface area contributed by atoms with E-state index >= 15 is 0 Å². The van der Waals surface area contributed by atoms with Crippen LogP contribution in [0, 0.1) is 6.92 Å². The van der Waals surface area contributed by atoms with Gasteiger partial charge in [0.25, 0.3) is 0 Å². The number of aromatic nitrogens is 2. The van der Waals surface area contributed by atoms with Gasteiger partial charge in [-0.25, -0.2) is 4.79 Å². The highest BCUT2D eigenvalue weighted by molar-refractivity contribution is 5.77. The van der Waals surface area contributed by atoms with Gasteiger partial charge < -0.3 is 9.94 Å². The van der Waals surface area contributed by atoms with Crippen molar-refractivity contribution in [3.63, 3.8) is 0 Å². The Morgan fingerprint density at radius 3 is 2.63 bits per heavy atom. The van der Waals surface area contributed by atoms with Gasteiger partial charge in [-0.15, -0.1) is 9.94 Å². The van der Waals surface area contributed by atoms with Crippen molar-refractivity contribution in [2.75, 3.05) is 0 Å². The van der Waals surface area contributed by atoms with Gasteiger partial charge in [-0.05, 0) is 25.5 Å². The van der Waals surface area contributed by atoms with Crippen LogP contribution >= 0.6 is 0 Å². The third-order valence-electron chi connectivity index (χ3n) is 2.89. The van der Waals surface area contributed by atoms with E-state index in [1.807, 2.05) is 31.2 Å². The Balaban J connectivity index is 2.19. The number of carboxylic acid groups (broad SMARTS) is 1. The number of carbonyl (C=O) groups is 1. The van der Waals surface area contributed by atoms with Gasteiger partial charge in [-0.1, -0.05) is 29.8 Å². The summed E-state index contributed by atoms with van der Waals surface area (Å²) in [5.74, 6) is -1.02. The number of hydrogen-bond acceptors (Lipinski definition) is 3. The number of benzene rings is 1. The number of hydrogen-bond donors (Lipinski definition) is 1. The maximum Gasteiger partial charge on any atom is 0.350 e. The zero-order valence-corrected chi connectivity index (χ0v) is 10.9. The van der Waals surface area contributed by atoms with E-state index in [1.165, 1.54) is 18.0 Å². The van der Waals surface area contributed by atoms with Gasteiger partial charge in [0, 0.05) is 6.42 Å². The summed E-state index contributed by atoms with van der Waals surface area (Å²) < 4.78 is 0. The van der Waals surface area contributed by atoms with E-state index in [1.54, 1.807) is 12.3 Å². The molecular weight excluding hydrogens is 244 g/mol. The lowest BCUT2D eigenvalue weighted by atomic mass is 9.96. The van der Waals surface area contributed by atoms with E-state index in [-0.39, 0.29) is 6.42 Å². The molecule has 1 aromatic carbocycles. The molecule has 0 amide bonds. The van der Waals surface area contributed by atoms with Crippen molar-refractivity contribution in [1.82, 2.24) is 9.94 Å². The molecule has 0 saturated heterocycles. The molecule has 0 aliphatic heterocycles. The van der Waals surface area contributed by atoms with Gasteiger partial charge in [0.05, 0.1) is 12.4 Å². The third-order valence-corrected chi connectivity index (χ3v) is 2.89. The number of carboxylic acids is 1. The van der Waals surface area contributed by atoms with Gasteiger partial charge in [0.15, 0.2) is 0 Å². The summed E-state index contributed by atoms with van der Waals surface area (Å²) in [4.78, 5) is 18.1. The molecule has 1 unspecified atom stereocenters. The minimum Gasteiger partial charge on any atom is -0.478 e. The van der Waals surface area contributed by atoms with Crippen LogP contribution in [0.5, 0.6) is 0 Å². The third kappa shape index (κ3) is 3.13. The number of aryl methyl sites for hydroxylation is 1. The predicted molar refractivity (Wildman–Crippen MR) is 69.7 cm³/mol. The van der Waals surface area contributed by atoms with Crippen molar-refractivity contribution in [2.24, 2.45) is 0 Å². The quantitative estimate of drug-likeness (QED) is 0.888. The Hall–Kier alpha value is -2.30. The van der Waals surface area contributed by atoms with Crippen LogP contribution in [0.25, 0.3) is 0 Å². The molecule has 5 heteroatoms. The minimum atomic E-state index is -1.36. The van der Waals surface area contributed by atoms with Gasteiger partial charge in [-0.3, -0.25) is 0 Å². The summed E-state index contributed by atoms with van der Waals surface area (Å²) in [7, 11) is 0. The van der Waals surface area contributed by atoms with E-state index in [0.29, 0.717) is 0 Å². The molecule has 5 nitrogen and oxygen atoms in total. The van der Waals surface area contributed by atoms with Crippen LogP contribution in [0.3, 0.4) is 0 Å². The molecule has 2 rings (SSSR count). The Labute approximate surface area is 111 Å². The molecule has 0 bridgehead atoms. The lowest BCUT2D eigenvalue weighted by Gasteiger charge is -2.25. The summed E-state index contributed by atoms with van der Waals surface area (Å²) in [6.45, 7) is 3.53. The summed E-state index contributed by atoms with van der Waals surface area (Å²) in [5.41, 5.74) is 0.679. The van der Waals surface area contributed by atoms with Crippen LogP contribution in [-0.2, 0) is 11.2 Å². The number of aliphatic carboxylic acids is 1. The molecule has 19 heavy (non-hydrogen) atoms. The zero-order valence-electron chi connectivity index (χ0n) is 10.9. The Kier molecular flexibility index (Phi) is 3.55. The second kappa shape index (κ2) is 5.14. The first-order chi connectivity index (χ1) is 8.99. The average molecular weight is 260 g/mol. The van der Waals surface area contributed by atoms with Crippen LogP contribution in [0.1, 0.15) is 18.1 Å². The number of nitrogens with zero attached hydrogens (tertiary/aromatic N) is 2. The van der Waals surface area contributed by atoms with E-state index in [2.05, 4.69) is 5.10 Å². The Bertz CT molecular complexity index is 549. The largest absolute Gasteiger partial charge is 0.478 e. The molecule has 0 aliphatic carbocycles. The molecule has 0 radical (unpaired) electrons. The smallest absolute Gasteiger partial charge is 0.350 e. The summed E-state index contributed by atoms with van der Waals surface area (Å²) >= 11 is 0. The second-order valence-corrected chi connectivity index (χ2v) is 4.70. The fraction of sp³-hybridized carbons (Fsp3) is 0.286. The molecule has 1 atom stereocenters. The van der Waals surface area contributed by atoms with Gasteiger partial charge >= 0.3 is 5.97 Å². The highest BCUT2D eigenvalue weighted by atomic mass is 16.7. The summed E-state index contributed by atoms with van der Waals surface area (Å²) in [6.07, 6.45) is 3.37. The van der Waals surface area contributed by atoms with Crippen molar-refractivity contribution >= 4 is 5.97 Å². The maximum absolute atomic E-state index is 11.5. The molecular formula is C14H16N2O3. The highest BCUT2D eigenvalue weighted by Crippen LogP contribution is 2.16. The van der Waals surface area contributed by atoms with Crippen LogP contribution in [0.4, 0.5) is 0 Å². The predicted octanol–water partition coefficient (Wildman–Crippen LogP) is 1.71. The van der Waals surface area contributed by atoms with E-state index in [0.717, 1.165) is 11.1 Å². The molecule has 1 heterocycles. The Morgan fingerprint density at radius 1 is 1.42 bits per heavy atom. The first-order valence-corrected chi connectivity index (χ1v) is 5.98. The Morgan fingerprint density at radius 2 is 2.11 bits per heavy atom. The van der Waals surface area contributed by atoms with Crippen LogP contribution in [-0.4, -0.2) is 26.6 Å². The average Bonchev–Trinajstić information content (AvgIpc) is 2.84. The van der Waals surface area contributed by atoms with Crippen LogP contribution in [0.2, 0.25) is 0 Å². The topological polar surface area (TPSA) is 64.4 Å². The molecule has 0 fully saturated rings. The van der Waals surface area contributed by atoms with Gasteiger partial charge in [0.1, 0.15) is 0 Å². The van der Waals surface area contributed by atoms with Crippen molar-refractivity contribution in [2.45, 2.75) is 25.9 Å². The summed E-state index contributed by atoms with van der Waals surface area (Å²) in [6, 6.07) is 9.39. The number of rotatable bonds is 5. The lowest BCUT2D eigenvalue weighted by molar-refractivity contribution is -0.166. The standard InChI is InChI=1S/C14H16N2O3/c1-11-4-6-12(7-5-11)10-14(2,13(17)18)19-16-9-3-8-15-16/h3-9H,10H2,1-2H3,(H,17,18). The van der Waals surface area contributed by atoms with E-state index in [9.17, 15) is 9.90 Å². The molecule has 0 saturated carbocycles. The zero-order chi connectivity index (χ0) is 13.9. The van der Waals surface area contributed by atoms with Gasteiger partial charge in [0.2, 0.25) is 5.60 Å². The maximum atomic E-state index is 11.5. The van der Waals surface area contributed by atoms with Crippen LogP contribution < -0.4 is 4.84 Å². The first-order valence-electron chi connectivity index (χ1n) is 5.98. The van der Waals surface area contributed by atoms with Crippen molar-refractivity contribution in [1.29, 1.82) is 0 Å². The second-order valence-electron chi connectivity index (χ2n) is 4.70. The first kappa shape index (κ1) is 13.1. The molecule has 1 N–H and O–H groups in total. The molecule has 2 aromatic rings. The monoisotopic (exact) mass is 260 g/mol.